The molecule has 0 atom stereocenters. The van der Waals surface area contributed by atoms with Gasteiger partial charge in [0.15, 0.2) is 0 Å². The molecule has 1 aliphatic heterocycles. The molecule has 0 unspecified atom stereocenters. The number of hydrogen-bond donors (Lipinski definition) is 0. The number of ether oxygens (including phenoxy) is 1. The zero-order chi connectivity index (χ0) is 15.2. The summed E-state index contributed by atoms with van der Waals surface area (Å²) < 4.78 is 5.77. The summed E-state index contributed by atoms with van der Waals surface area (Å²) in [5, 5.41) is 0. The van der Waals surface area contributed by atoms with Gasteiger partial charge in [0.1, 0.15) is 12.4 Å². The molecule has 3 rings (SSSR count). The fourth-order valence-corrected chi connectivity index (χ4v) is 2.94. The first kappa shape index (κ1) is 15.0. The van der Waals surface area contributed by atoms with Crippen LogP contribution in [0, 0.1) is 6.92 Å². The lowest BCUT2D eigenvalue weighted by molar-refractivity contribution is 0.172. The molecule has 0 radical (unpaired) electrons. The first-order valence-corrected chi connectivity index (χ1v) is 8.00. The lowest BCUT2D eigenvalue weighted by atomic mass is 9.94. The standard InChI is InChI=1S/C18H23N3O/c1-15-13-19-14-18(20-15)16-7-9-21(10-8-16)11-12-22-17-5-3-2-4-6-17/h2-6,13-14,16H,7-12H2,1H3. The molecule has 0 N–H and O–H groups in total. The number of hydrogen-bond acceptors (Lipinski definition) is 4. The fourth-order valence-electron chi connectivity index (χ4n) is 2.94. The quantitative estimate of drug-likeness (QED) is 0.850. The number of rotatable bonds is 5. The smallest absolute Gasteiger partial charge is 0.119 e. The van der Waals surface area contributed by atoms with Gasteiger partial charge < -0.3 is 4.74 Å². The number of para-hydroxylation sites is 1. The van der Waals surface area contributed by atoms with E-state index in [2.05, 4.69) is 14.9 Å². The molecule has 0 bridgehead atoms. The third-order valence-electron chi connectivity index (χ3n) is 4.20. The van der Waals surface area contributed by atoms with E-state index in [1.165, 1.54) is 0 Å². The van der Waals surface area contributed by atoms with Crippen LogP contribution in [-0.2, 0) is 0 Å². The van der Waals surface area contributed by atoms with Crippen LogP contribution in [0.25, 0.3) is 0 Å². The Kier molecular flexibility index (Phi) is 5.01. The summed E-state index contributed by atoms with van der Waals surface area (Å²) in [6, 6.07) is 10.0. The summed E-state index contributed by atoms with van der Waals surface area (Å²) in [5.74, 6) is 1.51. The second-order valence-electron chi connectivity index (χ2n) is 5.86. The minimum absolute atomic E-state index is 0.554. The van der Waals surface area contributed by atoms with E-state index >= 15 is 0 Å². The summed E-state index contributed by atoms with van der Waals surface area (Å²) in [5.41, 5.74) is 2.16. The minimum Gasteiger partial charge on any atom is -0.492 e. The van der Waals surface area contributed by atoms with Gasteiger partial charge in [-0.25, -0.2) is 0 Å². The number of aromatic nitrogens is 2. The van der Waals surface area contributed by atoms with Crippen LogP contribution in [0.4, 0.5) is 0 Å². The molecule has 2 aromatic rings. The largest absolute Gasteiger partial charge is 0.492 e. The Balaban J connectivity index is 1.42. The summed E-state index contributed by atoms with van der Waals surface area (Å²) in [6.07, 6.45) is 6.05. The van der Waals surface area contributed by atoms with Gasteiger partial charge in [-0.05, 0) is 45.0 Å². The molecule has 1 aromatic carbocycles. The van der Waals surface area contributed by atoms with E-state index in [0.29, 0.717) is 5.92 Å². The van der Waals surface area contributed by atoms with Gasteiger partial charge in [0, 0.05) is 24.9 Å². The predicted molar refractivity (Wildman–Crippen MR) is 87.1 cm³/mol. The highest BCUT2D eigenvalue weighted by atomic mass is 16.5. The maximum Gasteiger partial charge on any atom is 0.119 e. The Morgan fingerprint density at radius 1 is 1.14 bits per heavy atom. The average molecular weight is 297 g/mol. The zero-order valence-electron chi connectivity index (χ0n) is 13.1. The van der Waals surface area contributed by atoms with Crippen LogP contribution in [0.15, 0.2) is 42.7 Å². The average Bonchev–Trinajstić information content (AvgIpc) is 2.56. The number of nitrogens with zero attached hydrogens (tertiary/aromatic N) is 3. The maximum absolute atomic E-state index is 5.77. The normalized spacial score (nSPS) is 16.6. The van der Waals surface area contributed by atoms with Crippen molar-refractivity contribution in [3.05, 3.63) is 54.1 Å². The molecule has 2 heterocycles. The van der Waals surface area contributed by atoms with E-state index in [9.17, 15) is 0 Å². The van der Waals surface area contributed by atoms with Crippen LogP contribution < -0.4 is 4.74 Å². The third-order valence-corrected chi connectivity index (χ3v) is 4.20. The van der Waals surface area contributed by atoms with Crippen molar-refractivity contribution >= 4 is 0 Å². The topological polar surface area (TPSA) is 38.2 Å². The first-order chi connectivity index (χ1) is 10.8. The number of aryl methyl sites for hydroxylation is 1. The van der Waals surface area contributed by atoms with Crippen LogP contribution in [-0.4, -0.2) is 41.1 Å². The Hall–Kier alpha value is -1.94. The van der Waals surface area contributed by atoms with E-state index in [0.717, 1.165) is 56.2 Å². The molecule has 116 valence electrons. The molecule has 1 aromatic heterocycles. The molecule has 0 spiro atoms. The molecule has 4 heteroatoms. The molecule has 22 heavy (non-hydrogen) atoms. The van der Waals surface area contributed by atoms with E-state index in [1.807, 2.05) is 49.6 Å². The van der Waals surface area contributed by atoms with Crippen LogP contribution in [0.3, 0.4) is 0 Å². The van der Waals surface area contributed by atoms with Gasteiger partial charge in [-0.15, -0.1) is 0 Å². The van der Waals surface area contributed by atoms with Crippen molar-refractivity contribution in [2.45, 2.75) is 25.7 Å². The molecule has 0 aliphatic carbocycles. The highest BCUT2D eigenvalue weighted by Gasteiger charge is 2.21. The third kappa shape index (κ3) is 4.04. The summed E-state index contributed by atoms with van der Waals surface area (Å²) in [4.78, 5) is 11.4. The zero-order valence-corrected chi connectivity index (χ0v) is 13.1. The molecule has 4 nitrogen and oxygen atoms in total. The van der Waals surface area contributed by atoms with E-state index in [4.69, 9.17) is 4.74 Å². The van der Waals surface area contributed by atoms with Crippen molar-refractivity contribution in [2.24, 2.45) is 0 Å². The van der Waals surface area contributed by atoms with Crippen LogP contribution in [0.2, 0.25) is 0 Å². The van der Waals surface area contributed by atoms with Gasteiger partial charge in [-0.2, -0.15) is 0 Å². The molecule has 1 aliphatic rings. The SMILES string of the molecule is Cc1cncc(C2CCN(CCOc3ccccc3)CC2)n1. The molecular weight excluding hydrogens is 274 g/mol. The molecule has 0 saturated carbocycles. The monoisotopic (exact) mass is 297 g/mol. The van der Waals surface area contributed by atoms with Crippen LogP contribution in [0.1, 0.15) is 30.1 Å². The van der Waals surface area contributed by atoms with Gasteiger partial charge in [0.25, 0.3) is 0 Å². The fraction of sp³-hybridized carbons (Fsp3) is 0.444. The van der Waals surface area contributed by atoms with Crippen LogP contribution >= 0.6 is 0 Å². The van der Waals surface area contributed by atoms with Crippen molar-refractivity contribution in [1.29, 1.82) is 0 Å². The van der Waals surface area contributed by atoms with Crippen molar-refractivity contribution in [2.75, 3.05) is 26.2 Å². The summed E-state index contributed by atoms with van der Waals surface area (Å²) in [7, 11) is 0. The van der Waals surface area contributed by atoms with Crippen molar-refractivity contribution in [3.63, 3.8) is 0 Å². The number of piperidine rings is 1. The van der Waals surface area contributed by atoms with Crippen molar-refractivity contribution in [3.8, 4) is 5.75 Å². The van der Waals surface area contributed by atoms with Gasteiger partial charge in [-0.3, -0.25) is 14.9 Å². The molecular formula is C18H23N3O. The van der Waals surface area contributed by atoms with Crippen LogP contribution in [0.5, 0.6) is 5.75 Å². The first-order valence-electron chi connectivity index (χ1n) is 8.00. The number of likely N-dealkylation sites (tertiary alicyclic amines) is 1. The van der Waals surface area contributed by atoms with Gasteiger partial charge >= 0.3 is 0 Å². The molecule has 1 fully saturated rings. The van der Waals surface area contributed by atoms with Crippen molar-refractivity contribution < 1.29 is 4.74 Å². The number of benzene rings is 1. The van der Waals surface area contributed by atoms with Gasteiger partial charge in [-0.1, -0.05) is 18.2 Å². The Bertz CT molecular complexity index is 580. The second kappa shape index (κ2) is 7.36. The van der Waals surface area contributed by atoms with Gasteiger partial charge in [0.05, 0.1) is 11.4 Å². The Morgan fingerprint density at radius 2 is 1.91 bits per heavy atom. The lowest BCUT2D eigenvalue weighted by Crippen LogP contribution is -2.36. The van der Waals surface area contributed by atoms with E-state index in [-0.39, 0.29) is 0 Å². The summed E-state index contributed by atoms with van der Waals surface area (Å²) >= 11 is 0. The maximum atomic E-state index is 5.77. The molecule has 1 saturated heterocycles. The minimum atomic E-state index is 0.554. The molecule has 0 amide bonds. The predicted octanol–water partition coefficient (Wildman–Crippen LogP) is 3.04. The van der Waals surface area contributed by atoms with E-state index < -0.39 is 0 Å². The second-order valence-corrected chi connectivity index (χ2v) is 5.86. The van der Waals surface area contributed by atoms with Gasteiger partial charge in [0.2, 0.25) is 0 Å². The summed E-state index contributed by atoms with van der Waals surface area (Å²) in [6.45, 7) is 5.96. The Labute approximate surface area is 132 Å². The highest BCUT2D eigenvalue weighted by Crippen LogP contribution is 2.26. The lowest BCUT2D eigenvalue weighted by Gasteiger charge is -2.31. The highest BCUT2D eigenvalue weighted by molar-refractivity contribution is 5.20. The van der Waals surface area contributed by atoms with E-state index in [1.54, 1.807) is 0 Å². The Morgan fingerprint density at radius 3 is 2.64 bits per heavy atom. The van der Waals surface area contributed by atoms with Crippen molar-refractivity contribution in [1.82, 2.24) is 14.9 Å².